The average molecular weight is 440 g/mol. The molecular weight excluding hydrogens is 422 g/mol. The molecule has 152 valence electrons. The summed E-state index contributed by atoms with van der Waals surface area (Å²) in [5.41, 5.74) is 3.12. The number of methoxy groups -OCH3 is 1. The van der Waals surface area contributed by atoms with Crippen molar-refractivity contribution in [3.8, 4) is 22.4 Å². The zero-order valence-electron chi connectivity index (χ0n) is 16.5. The maximum absolute atomic E-state index is 12.8. The highest BCUT2D eigenvalue weighted by Gasteiger charge is 2.28. The molecule has 3 rings (SSSR count). The summed E-state index contributed by atoms with van der Waals surface area (Å²) >= 11 is 7.58. The summed E-state index contributed by atoms with van der Waals surface area (Å²) < 4.78 is 5.23. The Morgan fingerprint density at radius 1 is 1.23 bits per heavy atom. The number of aryl methyl sites for hydroxylation is 2. The van der Waals surface area contributed by atoms with Gasteiger partial charge in [0.15, 0.2) is 11.7 Å². The van der Waals surface area contributed by atoms with E-state index in [2.05, 4.69) is 10.3 Å². The molecule has 1 aromatic heterocycles. The fraction of sp³-hybridized carbons (Fsp3) is 0.182. The van der Waals surface area contributed by atoms with Crippen LogP contribution in [0, 0.1) is 31.1 Å². The third kappa shape index (κ3) is 4.51. The molecule has 1 atom stereocenters. The number of benzene rings is 2. The van der Waals surface area contributed by atoms with E-state index >= 15 is 0 Å². The predicted molar refractivity (Wildman–Crippen MR) is 117 cm³/mol. The second kappa shape index (κ2) is 9.08. The van der Waals surface area contributed by atoms with Crippen molar-refractivity contribution in [2.24, 2.45) is 5.92 Å². The summed E-state index contributed by atoms with van der Waals surface area (Å²) in [7, 11) is 1.44. The van der Waals surface area contributed by atoms with Gasteiger partial charge < -0.3 is 10.1 Å². The zero-order valence-corrected chi connectivity index (χ0v) is 18.1. The molecule has 0 aliphatic heterocycles. The van der Waals surface area contributed by atoms with Crippen LogP contribution in [0.4, 0.5) is 5.69 Å². The number of ketones is 1. The molecular formula is C22H18ClN3O3S. The molecule has 0 radical (unpaired) electrons. The molecule has 1 heterocycles. The minimum atomic E-state index is -1.50. The molecule has 6 nitrogen and oxygen atoms in total. The van der Waals surface area contributed by atoms with Crippen molar-refractivity contribution in [2.75, 3.05) is 12.4 Å². The Hall–Kier alpha value is -3.21. The number of hydrogen-bond donors (Lipinski definition) is 1. The maximum atomic E-state index is 12.8. The molecule has 0 saturated carbocycles. The van der Waals surface area contributed by atoms with E-state index in [1.54, 1.807) is 49.4 Å². The number of Topliss-reactive ketones (excluding diaryl/α,β-unsaturated/α-hetero) is 1. The van der Waals surface area contributed by atoms with Crippen LogP contribution in [0.3, 0.4) is 0 Å². The number of aromatic nitrogens is 1. The summed E-state index contributed by atoms with van der Waals surface area (Å²) in [5.74, 6) is -2.48. The predicted octanol–water partition coefficient (Wildman–Crippen LogP) is 5.05. The van der Waals surface area contributed by atoms with Crippen molar-refractivity contribution < 1.29 is 14.3 Å². The molecule has 0 bridgehead atoms. The van der Waals surface area contributed by atoms with E-state index in [9.17, 15) is 14.9 Å². The van der Waals surface area contributed by atoms with Crippen LogP contribution in [0.2, 0.25) is 5.02 Å². The van der Waals surface area contributed by atoms with Crippen molar-refractivity contribution in [3.63, 3.8) is 0 Å². The van der Waals surface area contributed by atoms with Gasteiger partial charge in [0.05, 0.1) is 18.9 Å². The number of nitrogens with one attached hydrogen (secondary N) is 1. The smallest absolute Gasteiger partial charge is 0.249 e. The molecule has 0 aliphatic carbocycles. The largest absolute Gasteiger partial charge is 0.495 e. The Morgan fingerprint density at radius 2 is 1.93 bits per heavy atom. The van der Waals surface area contributed by atoms with Crippen LogP contribution in [0.5, 0.6) is 5.75 Å². The standard InChI is InChI=1S/C22H18ClN3O3S/c1-12-8-18(19(29-3)9-17(12)23)26-21(28)16(10-24)20(27)14-4-6-15(7-5-14)22-25-13(2)11-30-22/h4-9,11,16H,1-3H3,(H,26,28). The summed E-state index contributed by atoms with van der Waals surface area (Å²) in [4.78, 5) is 29.9. The van der Waals surface area contributed by atoms with Crippen molar-refractivity contribution in [1.29, 1.82) is 5.26 Å². The lowest BCUT2D eigenvalue weighted by atomic mass is 9.97. The number of carbonyl (C=O) groups excluding carboxylic acids is 2. The lowest BCUT2D eigenvalue weighted by Crippen LogP contribution is -2.28. The first-order valence-electron chi connectivity index (χ1n) is 8.95. The molecule has 0 spiro atoms. The van der Waals surface area contributed by atoms with E-state index in [1.807, 2.05) is 12.3 Å². The van der Waals surface area contributed by atoms with E-state index in [0.717, 1.165) is 21.8 Å². The fourth-order valence-corrected chi connectivity index (χ4v) is 3.76. The first-order valence-corrected chi connectivity index (χ1v) is 10.2. The highest BCUT2D eigenvalue weighted by molar-refractivity contribution is 7.13. The Bertz CT molecular complexity index is 1150. The van der Waals surface area contributed by atoms with Gasteiger partial charge in [0.2, 0.25) is 5.91 Å². The summed E-state index contributed by atoms with van der Waals surface area (Å²) in [5, 5.41) is 15.3. The van der Waals surface area contributed by atoms with Crippen LogP contribution in [0.25, 0.3) is 10.6 Å². The van der Waals surface area contributed by atoms with E-state index in [0.29, 0.717) is 16.5 Å². The van der Waals surface area contributed by atoms with Gasteiger partial charge in [-0.1, -0.05) is 35.9 Å². The number of nitriles is 1. The minimum Gasteiger partial charge on any atom is -0.495 e. The molecule has 1 amide bonds. The average Bonchev–Trinajstić information content (AvgIpc) is 3.17. The Kier molecular flexibility index (Phi) is 6.50. The molecule has 30 heavy (non-hydrogen) atoms. The zero-order chi connectivity index (χ0) is 21.8. The number of ether oxygens (including phenoxy) is 1. The lowest BCUT2D eigenvalue weighted by Gasteiger charge is -2.14. The van der Waals surface area contributed by atoms with Crippen LogP contribution in [0.15, 0.2) is 41.8 Å². The highest BCUT2D eigenvalue weighted by atomic mass is 35.5. The first-order chi connectivity index (χ1) is 14.3. The van der Waals surface area contributed by atoms with Crippen LogP contribution in [-0.2, 0) is 4.79 Å². The Balaban J connectivity index is 1.80. The number of halogens is 1. The van der Waals surface area contributed by atoms with Crippen LogP contribution < -0.4 is 10.1 Å². The number of thiazole rings is 1. The van der Waals surface area contributed by atoms with E-state index in [4.69, 9.17) is 16.3 Å². The van der Waals surface area contributed by atoms with E-state index < -0.39 is 17.6 Å². The van der Waals surface area contributed by atoms with Gasteiger partial charge in [0.1, 0.15) is 10.8 Å². The van der Waals surface area contributed by atoms with Gasteiger partial charge in [0, 0.05) is 33.3 Å². The third-order valence-electron chi connectivity index (χ3n) is 4.43. The second-order valence-corrected chi connectivity index (χ2v) is 7.85. The number of nitrogens with zero attached hydrogens (tertiary/aromatic N) is 2. The quantitative estimate of drug-likeness (QED) is 0.428. The monoisotopic (exact) mass is 439 g/mol. The molecule has 2 aromatic carbocycles. The van der Waals surface area contributed by atoms with Crippen molar-refractivity contribution in [2.45, 2.75) is 13.8 Å². The molecule has 1 N–H and O–H groups in total. The first kappa shape index (κ1) is 21.5. The molecule has 0 aliphatic rings. The fourth-order valence-electron chi connectivity index (χ4n) is 2.80. The van der Waals surface area contributed by atoms with Gasteiger partial charge in [0.25, 0.3) is 0 Å². The third-order valence-corrected chi connectivity index (χ3v) is 5.84. The lowest BCUT2D eigenvalue weighted by molar-refractivity contribution is -0.117. The number of hydrogen-bond acceptors (Lipinski definition) is 6. The molecule has 3 aromatic rings. The highest BCUT2D eigenvalue weighted by Crippen LogP contribution is 2.31. The summed E-state index contributed by atoms with van der Waals surface area (Å²) in [6.07, 6.45) is 0. The van der Waals surface area contributed by atoms with Gasteiger partial charge in [-0.25, -0.2) is 4.98 Å². The van der Waals surface area contributed by atoms with Gasteiger partial charge in [-0.3, -0.25) is 9.59 Å². The second-order valence-electron chi connectivity index (χ2n) is 6.59. The Labute approximate surface area is 183 Å². The van der Waals surface area contributed by atoms with Crippen molar-refractivity contribution >= 4 is 40.3 Å². The number of carbonyl (C=O) groups is 2. The van der Waals surface area contributed by atoms with E-state index in [-0.39, 0.29) is 5.56 Å². The number of amides is 1. The van der Waals surface area contributed by atoms with Gasteiger partial charge in [-0.05, 0) is 25.5 Å². The van der Waals surface area contributed by atoms with Crippen molar-refractivity contribution in [1.82, 2.24) is 4.98 Å². The molecule has 1 unspecified atom stereocenters. The summed E-state index contributed by atoms with van der Waals surface area (Å²) in [6.45, 7) is 3.68. The number of rotatable bonds is 6. The maximum Gasteiger partial charge on any atom is 0.249 e. The molecule has 8 heteroatoms. The van der Waals surface area contributed by atoms with Gasteiger partial charge in [-0.2, -0.15) is 5.26 Å². The van der Waals surface area contributed by atoms with Crippen LogP contribution in [-0.4, -0.2) is 23.8 Å². The number of anilines is 1. The normalized spacial score (nSPS) is 11.4. The Morgan fingerprint density at radius 3 is 2.50 bits per heavy atom. The molecule has 0 fully saturated rings. The minimum absolute atomic E-state index is 0.271. The van der Waals surface area contributed by atoms with Gasteiger partial charge >= 0.3 is 0 Å². The van der Waals surface area contributed by atoms with Gasteiger partial charge in [-0.15, -0.1) is 11.3 Å². The van der Waals surface area contributed by atoms with Crippen LogP contribution in [0.1, 0.15) is 21.6 Å². The van der Waals surface area contributed by atoms with Crippen LogP contribution >= 0.6 is 22.9 Å². The summed E-state index contributed by atoms with van der Waals surface area (Å²) in [6, 6.07) is 11.7. The van der Waals surface area contributed by atoms with E-state index in [1.165, 1.54) is 18.4 Å². The van der Waals surface area contributed by atoms with Crippen molar-refractivity contribution in [3.05, 3.63) is 63.6 Å². The SMILES string of the molecule is COc1cc(Cl)c(C)cc1NC(=O)C(C#N)C(=O)c1ccc(-c2nc(C)cs2)cc1. The molecule has 0 saturated heterocycles. The topological polar surface area (TPSA) is 92.1 Å².